The van der Waals surface area contributed by atoms with Crippen molar-refractivity contribution in [3.63, 3.8) is 0 Å². The van der Waals surface area contributed by atoms with E-state index in [4.69, 9.17) is 0 Å². The molecule has 0 fully saturated rings. The standard InChI is InChI=1S/C17H22FN3S/c1-2-19-17(21-13-16-9-5-11-22-16)20-10-4-7-14-6-3-8-15(18)12-14/h3,5-6,8-9,11-12H,2,4,7,10,13H2,1H3,(H2,19,20,21). The SMILES string of the molecule is CCNC(=NCc1cccs1)NCCCc1cccc(F)c1. The Morgan fingerprint density at radius 2 is 2.14 bits per heavy atom. The Hall–Kier alpha value is -1.88. The molecule has 0 aliphatic rings. The molecule has 0 aliphatic heterocycles. The van der Waals surface area contributed by atoms with Gasteiger partial charge in [-0.2, -0.15) is 0 Å². The zero-order valence-electron chi connectivity index (χ0n) is 12.8. The third-order valence-corrected chi connectivity index (χ3v) is 4.00. The highest BCUT2D eigenvalue weighted by atomic mass is 32.1. The van der Waals surface area contributed by atoms with Crippen LogP contribution >= 0.6 is 11.3 Å². The lowest BCUT2D eigenvalue weighted by Crippen LogP contribution is -2.37. The van der Waals surface area contributed by atoms with Gasteiger partial charge in [-0.15, -0.1) is 11.3 Å². The summed E-state index contributed by atoms with van der Waals surface area (Å²) >= 11 is 1.71. The summed E-state index contributed by atoms with van der Waals surface area (Å²) in [6.45, 7) is 4.39. The van der Waals surface area contributed by atoms with E-state index < -0.39 is 0 Å². The van der Waals surface area contributed by atoms with Gasteiger partial charge in [-0.25, -0.2) is 9.38 Å². The van der Waals surface area contributed by atoms with Gasteiger partial charge in [-0.05, 0) is 48.9 Å². The van der Waals surface area contributed by atoms with Crippen LogP contribution in [0.25, 0.3) is 0 Å². The highest BCUT2D eigenvalue weighted by Crippen LogP contribution is 2.09. The number of thiophene rings is 1. The first-order chi connectivity index (χ1) is 10.8. The number of nitrogens with zero attached hydrogens (tertiary/aromatic N) is 1. The molecular formula is C17H22FN3S. The van der Waals surface area contributed by atoms with Gasteiger partial charge < -0.3 is 10.6 Å². The Balaban J connectivity index is 1.75. The number of benzene rings is 1. The molecule has 22 heavy (non-hydrogen) atoms. The molecule has 1 aromatic heterocycles. The van der Waals surface area contributed by atoms with Gasteiger partial charge in [-0.1, -0.05) is 18.2 Å². The smallest absolute Gasteiger partial charge is 0.191 e. The second kappa shape index (κ2) is 9.20. The number of hydrogen-bond acceptors (Lipinski definition) is 2. The highest BCUT2D eigenvalue weighted by molar-refractivity contribution is 7.09. The quantitative estimate of drug-likeness (QED) is 0.465. The van der Waals surface area contributed by atoms with E-state index in [0.29, 0.717) is 6.54 Å². The van der Waals surface area contributed by atoms with Gasteiger partial charge in [0.15, 0.2) is 5.96 Å². The van der Waals surface area contributed by atoms with Crippen LogP contribution in [-0.2, 0) is 13.0 Å². The molecule has 0 bridgehead atoms. The van der Waals surface area contributed by atoms with E-state index in [0.717, 1.165) is 37.5 Å². The van der Waals surface area contributed by atoms with Gasteiger partial charge in [0.1, 0.15) is 5.82 Å². The minimum atomic E-state index is -0.170. The van der Waals surface area contributed by atoms with Crippen LogP contribution in [0.1, 0.15) is 23.8 Å². The monoisotopic (exact) mass is 319 g/mol. The normalized spacial score (nSPS) is 11.5. The summed E-state index contributed by atoms with van der Waals surface area (Å²) in [4.78, 5) is 5.81. The molecular weight excluding hydrogens is 297 g/mol. The van der Waals surface area contributed by atoms with Crippen LogP contribution in [0.15, 0.2) is 46.8 Å². The van der Waals surface area contributed by atoms with E-state index in [1.807, 2.05) is 12.1 Å². The number of nitrogens with one attached hydrogen (secondary N) is 2. The van der Waals surface area contributed by atoms with Crippen LogP contribution in [0, 0.1) is 5.82 Å². The summed E-state index contributed by atoms with van der Waals surface area (Å²) in [5, 5.41) is 8.61. The first-order valence-corrected chi connectivity index (χ1v) is 8.45. The van der Waals surface area contributed by atoms with Crippen molar-refractivity contribution in [3.8, 4) is 0 Å². The van der Waals surface area contributed by atoms with Gasteiger partial charge in [0.25, 0.3) is 0 Å². The molecule has 0 spiro atoms. The summed E-state index contributed by atoms with van der Waals surface area (Å²) in [5.41, 5.74) is 1.03. The van der Waals surface area contributed by atoms with E-state index >= 15 is 0 Å². The Labute approximate surface area is 135 Å². The average Bonchev–Trinajstić information content (AvgIpc) is 3.02. The molecule has 2 aromatic rings. The molecule has 0 amide bonds. The van der Waals surface area contributed by atoms with Crippen molar-refractivity contribution in [2.24, 2.45) is 4.99 Å². The minimum Gasteiger partial charge on any atom is -0.357 e. The van der Waals surface area contributed by atoms with Crippen molar-refractivity contribution < 1.29 is 4.39 Å². The second-order valence-corrected chi connectivity index (χ2v) is 5.97. The summed E-state index contributed by atoms with van der Waals surface area (Å²) in [6.07, 6.45) is 1.79. The lowest BCUT2D eigenvalue weighted by Gasteiger charge is -2.11. The van der Waals surface area contributed by atoms with Gasteiger partial charge in [-0.3, -0.25) is 0 Å². The number of halogens is 1. The molecule has 3 nitrogen and oxygen atoms in total. The van der Waals surface area contributed by atoms with Crippen LogP contribution < -0.4 is 10.6 Å². The van der Waals surface area contributed by atoms with Crippen molar-refractivity contribution in [1.82, 2.24) is 10.6 Å². The fourth-order valence-electron chi connectivity index (χ4n) is 2.09. The van der Waals surface area contributed by atoms with E-state index in [-0.39, 0.29) is 5.82 Å². The first kappa shape index (κ1) is 16.5. The van der Waals surface area contributed by atoms with E-state index in [1.54, 1.807) is 23.5 Å². The lowest BCUT2D eigenvalue weighted by atomic mass is 10.1. The lowest BCUT2D eigenvalue weighted by molar-refractivity contribution is 0.624. The predicted molar refractivity (Wildman–Crippen MR) is 91.9 cm³/mol. The van der Waals surface area contributed by atoms with Gasteiger partial charge in [0.05, 0.1) is 6.54 Å². The molecule has 0 radical (unpaired) electrons. The Morgan fingerprint density at radius 1 is 1.23 bits per heavy atom. The third-order valence-electron chi connectivity index (χ3n) is 3.14. The van der Waals surface area contributed by atoms with Crippen molar-refractivity contribution in [2.75, 3.05) is 13.1 Å². The van der Waals surface area contributed by atoms with Gasteiger partial charge >= 0.3 is 0 Å². The summed E-state index contributed by atoms with van der Waals surface area (Å²) < 4.78 is 13.1. The van der Waals surface area contributed by atoms with E-state index in [1.165, 1.54) is 10.9 Å². The fraction of sp³-hybridized carbons (Fsp3) is 0.353. The molecule has 0 aliphatic carbocycles. The maximum Gasteiger partial charge on any atom is 0.191 e. The Morgan fingerprint density at radius 3 is 2.86 bits per heavy atom. The van der Waals surface area contributed by atoms with Crippen LogP contribution in [-0.4, -0.2) is 19.0 Å². The zero-order chi connectivity index (χ0) is 15.6. The maximum atomic E-state index is 13.1. The molecule has 5 heteroatoms. The largest absolute Gasteiger partial charge is 0.357 e. The first-order valence-electron chi connectivity index (χ1n) is 7.57. The zero-order valence-corrected chi connectivity index (χ0v) is 13.6. The van der Waals surface area contributed by atoms with Crippen LogP contribution in [0.4, 0.5) is 4.39 Å². The van der Waals surface area contributed by atoms with Crippen molar-refractivity contribution in [2.45, 2.75) is 26.3 Å². The maximum absolute atomic E-state index is 13.1. The summed E-state index contributed by atoms with van der Waals surface area (Å²) in [5.74, 6) is 0.659. The highest BCUT2D eigenvalue weighted by Gasteiger charge is 1.99. The molecule has 0 saturated heterocycles. The van der Waals surface area contributed by atoms with E-state index in [9.17, 15) is 4.39 Å². The fourth-order valence-corrected chi connectivity index (χ4v) is 2.72. The van der Waals surface area contributed by atoms with Gasteiger partial charge in [0.2, 0.25) is 0 Å². The number of guanidine groups is 1. The van der Waals surface area contributed by atoms with Crippen molar-refractivity contribution in [3.05, 3.63) is 58.0 Å². The third kappa shape index (κ3) is 5.85. The van der Waals surface area contributed by atoms with Crippen LogP contribution in [0.2, 0.25) is 0 Å². The van der Waals surface area contributed by atoms with Crippen molar-refractivity contribution in [1.29, 1.82) is 0 Å². The minimum absolute atomic E-state index is 0.170. The predicted octanol–water partition coefficient (Wildman–Crippen LogP) is 3.58. The Kier molecular flexibility index (Phi) is 6.90. The molecule has 2 rings (SSSR count). The van der Waals surface area contributed by atoms with E-state index in [2.05, 4.69) is 34.0 Å². The number of rotatable bonds is 7. The molecule has 0 atom stereocenters. The average molecular weight is 319 g/mol. The molecule has 0 unspecified atom stereocenters. The number of hydrogen-bond donors (Lipinski definition) is 2. The molecule has 118 valence electrons. The summed E-state index contributed by atoms with van der Waals surface area (Å²) in [7, 11) is 0. The number of aliphatic imine (C=N–C) groups is 1. The Bertz CT molecular complexity index is 581. The topological polar surface area (TPSA) is 36.4 Å². The second-order valence-electron chi connectivity index (χ2n) is 4.93. The van der Waals surface area contributed by atoms with Crippen LogP contribution in [0.5, 0.6) is 0 Å². The molecule has 0 saturated carbocycles. The molecule has 2 N–H and O–H groups in total. The van der Waals surface area contributed by atoms with Crippen LogP contribution in [0.3, 0.4) is 0 Å². The summed E-state index contributed by atoms with van der Waals surface area (Å²) in [6, 6.07) is 10.9. The van der Waals surface area contributed by atoms with Gasteiger partial charge in [0, 0.05) is 18.0 Å². The molecule has 1 aromatic carbocycles. The van der Waals surface area contributed by atoms with Crippen molar-refractivity contribution >= 4 is 17.3 Å². The number of aryl methyl sites for hydroxylation is 1. The molecule has 1 heterocycles.